The van der Waals surface area contributed by atoms with Gasteiger partial charge >= 0.3 is 0 Å². The van der Waals surface area contributed by atoms with Gasteiger partial charge in [0.15, 0.2) is 0 Å². The lowest BCUT2D eigenvalue weighted by Crippen LogP contribution is -2.33. The van der Waals surface area contributed by atoms with E-state index in [4.69, 9.17) is 0 Å². The topological polar surface area (TPSA) is 83.6 Å². The van der Waals surface area contributed by atoms with Crippen molar-refractivity contribution < 1.29 is 22.4 Å². The SMILES string of the molecule is CS(=O)(=O)NC(=O)c1cccc(CN2C(=O)[C@@]3(C[C@H]3c3ccc(F)cc3)c3ccccc32)c1. The lowest BCUT2D eigenvalue weighted by atomic mass is 9.92. The summed E-state index contributed by atoms with van der Waals surface area (Å²) in [6, 6.07) is 20.5. The van der Waals surface area contributed by atoms with Crippen LogP contribution in [0.1, 0.15) is 39.4 Å². The van der Waals surface area contributed by atoms with Crippen LogP contribution in [0.25, 0.3) is 0 Å². The van der Waals surface area contributed by atoms with Crippen molar-refractivity contribution in [2.24, 2.45) is 0 Å². The fourth-order valence-electron chi connectivity index (χ4n) is 4.82. The molecule has 1 N–H and O–H groups in total. The van der Waals surface area contributed by atoms with Crippen LogP contribution in [-0.2, 0) is 26.8 Å². The Balaban J connectivity index is 1.45. The van der Waals surface area contributed by atoms with Gasteiger partial charge in [-0.25, -0.2) is 17.5 Å². The first kappa shape index (κ1) is 21.3. The molecular formula is C25H21FN2O4S. The maximum atomic E-state index is 13.7. The minimum atomic E-state index is -3.69. The van der Waals surface area contributed by atoms with Crippen LogP contribution in [0, 0.1) is 5.82 Å². The number of benzene rings is 3. The normalized spacial score (nSPS) is 21.2. The molecule has 0 saturated heterocycles. The summed E-state index contributed by atoms with van der Waals surface area (Å²) in [5, 5.41) is 0. The second kappa shape index (κ2) is 7.52. The Kier molecular flexibility index (Phi) is 4.86. The molecule has 0 unspecified atom stereocenters. The first-order valence-electron chi connectivity index (χ1n) is 10.5. The Labute approximate surface area is 191 Å². The van der Waals surface area contributed by atoms with Crippen LogP contribution in [0.15, 0.2) is 72.8 Å². The van der Waals surface area contributed by atoms with E-state index in [1.807, 2.05) is 29.0 Å². The zero-order valence-corrected chi connectivity index (χ0v) is 18.6. The highest BCUT2D eigenvalue weighted by Gasteiger charge is 2.67. The molecule has 8 heteroatoms. The number of hydrogen-bond donors (Lipinski definition) is 1. The van der Waals surface area contributed by atoms with E-state index in [9.17, 15) is 22.4 Å². The number of sulfonamides is 1. The predicted molar refractivity (Wildman–Crippen MR) is 122 cm³/mol. The van der Waals surface area contributed by atoms with Crippen molar-refractivity contribution in [3.63, 3.8) is 0 Å². The summed E-state index contributed by atoms with van der Waals surface area (Å²) >= 11 is 0. The summed E-state index contributed by atoms with van der Waals surface area (Å²) in [5.41, 5.74) is 2.94. The van der Waals surface area contributed by atoms with Crippen LogP contribution in [0.4, 0.5) is 10.1 Å². The van der Waals surface area contributed by atoms with E-state index in [1.54, 1.807) is 35.2 Å². The van der Waals surface area contributed by atoms with Gasteiger partial charge in [0, 0.05) is 17.2 Å². The molecule has 2 aliphatic rings. The highest BCUT2D eigenvalue weighted by Crippen LogP contribution is 2.66. The van der Waals surface area contributed by atoms with Gasteiger partial charge in [-0.15, -0.1) is 0 Å². The fourth-order valence-corrected chi connectivity index (χ4v) is 5.28. The van der Waals surface area contributed by atoms with E-state index in [2.05, 4.69) is 0 Å². The summed E-state index contributed by atoms with van der Waals surface area (Å²) in [6.07, 6.45) is 1.57. The molecule has 33 heavy (non-hydrogen) atoms. The third-order valence-electron chi connectivity index (χ3n) is 6.34. The zero-order valence-electron chi connectivity index (χ0n) is 17.8. The van der Waals surface area contributed by atoms with Crippen molar-refractivity contribution in [3.05, 3.63) is 101 Å². The van der Waals surface area contributed by atoms with Crippen molar-refractivity contribution in [3.8, 4) is 0 Å². The molecule has 2 atom stereocenters. The molecule has 0 aromatic heterocycles. The van der Waals surface area contributed by atoms with Crippen molar-refractivity contribution in [2.45, 2.75) is 24.3 Å². The summed E-state index contributed by atoms with van der Waals surface area (Å²) < 4.78 is 38.2. The second-order valence-corrected chi connectivity index (χ2v) is 10.3. The van der Waals surface area contributed by atoms with Crippen LogP contribution in [0.2, 0.25) is 0 Å². The molecule has 168 valence electrons. The van der Waals surface area contributed by atoms with Gasteiger partial charge < -0.3 is 4.90 Å². The summed E-state index contributed by atoms with van der Waals surface area (Å²) in [6.45, 7) is 0.244. The van der Waals surface area contributed by atoms with Gasteiger partial charge in [-0.05, 0) is 53.4 Å². The Morgan fingerprint density at radius 1 is 1.09 bits per heavy atom. The number of carbonyl (C=O) groups excluding carboxylic acids is 2. The highest BCUT2D eigenvalue weighted by molar-refractivity contribution is 7.89. The van der Waals surface area contributed by atoms with Crippen LogP contribution in [0.3, 0.4) is 0 Å². The molecule has 1 heterocycles. The van der Waals surface area contributed by atoms with E-state index in [1.165, 1.54) is 18.2 Å². The van der Waals surface area contributed by atoms with E-state index in [-0.39, 0.29) is 29.8 Å². The molecule has 2 amide bonds. The van der Waals surface area contributed by atoms with Crippen molar-refractivity contribution in [1.82, 2.24) is 4.72 Å². The molecule has 0 radical (unpaired) electrons. The summed E-state index contributed by atoms with van der Waals surface area (Å²) in [4.78, 5) is 27.7. The Bertz CT molecular complexity index is 1390. The minimum Gasteiger partial charge on any atom is -0.307 e. The monoisotopic (exact) mass is 464 g/mol. The van der Waals surface area contributed by atoms with Gasteiger partial charge in [-0.3, -0.25) is 9.59 Å². The lowest BCUT2D eigenvalue weighted by molar-refractivity contribution is -0.120. The summed E-state index contributed by atoms with van der Waals surface area (Å²) in [7, 11) is -3.69. The number of fused-ring (bicyclic) bond motifs is 2. The molecule has 5 rings (SSSR count). The Morgan fingerprint density at radius 3 is 2.55 bits per heavy atom. The molecule has 0 bridgehead atoms. The third-order valence-corrected chi connectivity index (χ3v) is 6.90. The number of nitrogens with zero attached hydrogens (tertiary/aromatic N) is 1. The maximum absolute atomic E-state index is 13.7. The van der Waals surface area contributed by atoms with Gasteiger partial charge in [0.1, 0.15) is 5.82 Å². The predicted octanol–water partition coefficient (Wildman–Crippen LogP) is 3.49. The standard InChI is InChI=1S/C25H21FN2O4S/c1-33(31,32)27-23(29)18-6-4-5-16(13-18)15-28-22-8-3-2-7-20(22)25(24(28)30)14-21(25)17-9-11-19(26)12-10-17/h2-13,21H,14-15H2,1H3,(H,27,29)/t21-,25-/m0/s1. The van der Waals surface area contributed by atoms with E-state index < -0.39 is 21.3 Å². The molecule has 1 saturated carbocycles. The van der Waals surface area contributed by atoms with Crippen molar-refractivity contribution >= 4 is 27.5 Å². The average Bonchev–Trinajstić information content (AvgIpc) is 3.48. The van der Waals surface area contributed by atoms with E-state index >= 15 is 0 Å². The number of para-hydroxylation sites is 1. The maximum Gasteiger partial charge on any atom is 0.264 e. The van der Waals surface area contributed by atoms with Crippen molar-refractivity contribution in [1.29, 1.82) is 0 Å². The molecule has 1 aliphatic heterocycles. The van der Waals surface area contributed by atoms with Crippen molar-refractivity contribution in [2.75, 3.05) is 11.2 Å². The Hall–Kier alpha value is -3.52. The first-order valence-corrected chi connectivity index (χ1v) is 12.4. The van der Waals surface area contributed by atoms with E-state index in [0.717, 1.165) is 23.1 Å². The summed E-state index contributed by atoms with van der Waals surface area (Å²) in [5.74, 6) is -1.08. The number of amides is 2. The number of carbonyl (C=O) groups is 2. The molecule has 6 nitrogen and oxygen atoms in total. The fraction of sp³-hybridized carbons (Fsp3) is 0.200. The number of anilines is 1. The van der Waals surface area contributed by atoms with Crippen LogP contribution in [0.5, 0.6) is 0 Å². The first-order chi connectivity index (χ1) is 15.7. The van der Waals surface area contributed by atoms with E-state index in [0.29, 0.717) is 12.0 Å². The number of rotatable bonds is 5. The molecule has 3 aromatic rings. The van der Waals surface area contributed by atoms with Gasteiger partial charge in [-0.1, -0.05) is 42.5 Å². The highest BCUT2D eigenvalue weighted by atomic mass is 32.2. The quantitative estimate of drug-likeness (QED) is 0.627. The van der Waals surface area contributed by atoms with Crippen LogP contribution >= 0.6 is 0 Å². The van der Waals surface area contributed by atoms with Crippen LogP contribution in [-0.4, -0.2) is 26.5 Å². The third kappa shape index (κ3) is 3.70. The molecule has 1 fully saturated rings. The number of nitrogens with one attached hydrogen (secondary N) is 1. The minimum absolute atomic E-state index is 0.0241. The smallest absolute Gasteiger partial charge is 0.264 e. The molecular weight excluding hydrogens is 443 g/mol. The second-order valence-electron chi connectivity index (χ2n) is 8.59. The Morgan fingerprint density at radius 2 is 1.82 bits per heavy atom. The number of hydrogen-bond acceptors (Lipinski definition) is 4. The molecule has 1 aliphatic carbocycles. The molecule has 1 spiro atoms. The van der Waals surface area contributed by atoms with Gasteiger partial charge in [0.25, 0.3) is 5.91 Å². The van der Waals surface area contributed by atoms with Gasteiger partial charge in [0.05, 0.1) is 18.2 Å². The largest absolute Gasteiger partial charge is 0.307 e. The van der Waals surface area contributed by atoms with Gasteiger partial charge in [-0.2, -0.15) is 0 Å². The zero-order chi connectivity index (χ0) is 23.4. The average molecular weight is 465 g/mol. The number of halogens is 1. The lowest BCUT2D eigenvalue weighted by Gasteiger charge is -2.19. The van der Waals surface area contributed by atoms with Gasteiger partial charge in [0.2, 0.25) is 15.9 Å². The molecule has 3 aromatic carbocycles. The van der Waals surface area contributed by atoms with Crippen LogP contribution < -0.4 is 9.62 Å².